The first-order valence-corrected chi connectivity index (χ1v) is 14.2. The van der Waals surface area contributed by atoms with Crippen molar-refractivity contribution < 1.29 is 39.6 Å². The first-order valence-electron chi connectivity index (χ1n) is 14.2. The fourth-order valence-corrected chi connectivity index (χ4v) is 3.61. The van der Waals surface area contributed by atoms with Gasteiger partial charge in [-0.05, 0) is 65.0 Å². The molecule has 0 saturated carbocycles. The van der Waals surface area contributed by atoms with Crippen LogP contribution in [0.25, 0.3) is 0 Å². The van der Waals surface area contributed by atoms with Crippen LogP contribution < -0.4 is 16.0 Å². The highest BCUT2D eigenvalue weighted by Crippen LogP contribution is 2.03. The monoisotopic (exact) mass is 574 g/mol. The van der Waals surface area contributed by atoms with Crippen molar-refractivity contribution in [2.75, 3.05) is 46.3 Å². The summed E-state index contributed by atoms with van der Waals surface area (Å²) in [6.07, 6.45) is 6.14. The summed E-state index contributed by atoms with van der Waals surface area (Å²) < 4.78 is 0. The standard InChI is InChI=1S/C26H50N6O8/c1-22(33)30(38)19-9-4-7-17-28-23(34)13-15-26(37)32(40)21-11-5-8-18-29-24(35)12-14-25(36)31(39)20-10-3-6-16-27-2/h27,38-40H,3-21H2,1-2H3,(H,28,34)(H,29,35). The summed E-state index contributed by atoms with van der Waals surface area (Å²) in [5.41, 5.74) is 0. The highest BCUT2D eigenvalue weighted by molar-refractivity contribution is 5.83. The third-order valence-corrected chi connectivity index (χ3v) is 6.11. The molecule has 14 nitrogen and oxygen atoms in total. The molecule has 0 spiro atoms. The van der Waals surface area contributed by atoms with Crippen molar-refractivity contribution in [2.45, 2.75) is 90.4 Å². The Balaban J connectivity index is 3.75. The summed E-state index contributed by atoms with van der Waals surface area (Å²) in [5, 5.41) is 39.2. The molecule has 0 rings (SSSR count). The first kappa shape index (κ1) is 37.2. The van der Waals surface area contributed by atoms with Crippen molar-refractivity contribution in [1.29, 1.82) is 0 Å². The number of amides is 5. The Morgan fingerprint density at radius 3 is 1.27 bits per heavy atom. The van der Waals surface area contributed by atoms with E-state index in [1.54, 1.807) is 0 Å². The van der Waals surface area contributed by atoms with Gasteiger partial charge in [0.2, 0.25) is 29.5 Å². The second-order valence-electron chi connectivity index (χ2n) is 9.66. The van der Waals surface area contributed by atoms with Crippen LogP contribution in [0.4, 0.5) is 0 Å². The van der Waals surface area contributed by atoms with Crippen LogP contribution in [0.3, 0.4) is 0 Å². The molecule has 0 atom stereocenters. The Bertz CT molecular complexity index is 755. The van der Waals surface area contributed by atoms with Crippen LogP contribution in [0, 0.1) is 0 Å². The highest BCUT2D eigenvalue weighted by atomic mass is 16.5. The van der Waals surface area contributed by atoms with Crippen LogP contribution in [-0.4, -0.2) is 107 Å². The number of nitrogens with zero attached hydrogens (tertiary/aromatic N) is 3. The lowest BCUT2D eigenvalue weighted by molar-refractivity contribution is -0.166. The van der Waals surface area contributed by atoms with Crippen molar-refractivity contribution in [3.63, 3.8) is 0 Å². The number of hydrogen-bond acceptors (Lipinski definition) is 9. The fraction of sp³-hybridized carbons (Fsp3) is 0.808. The van der Waals surface area contributed by atoms with E-state index in [2.05, 4.69) is 16.0 Å². The maximum atomic E-state index is 12.0. The summed E-state index contributed by atoms with van der Waals surface area (Å²) in [7, 11) is 1.87. The van der Waals surface area contributed by atoms with E-state index >= 15 is 0 Å². The SMILES string of the molecule is CNCCCCCN(O)C(=O)CCC(=O)NCCCCCN(O)C(=O)CCC(=O)NCCCCCN(O)C(C)=O. The van der Waals surface area contributed by atoms with Gasteiger partial charge in [0.1, 0.15) is 0 Å². The van der Waals surface area contributed by atoms with Crippen molar-refractivity contribution in [1.82, 2.24) is 31.1 Å². The predicted molar refractivity (Wildman–Crippen MR) is 146 cm³/mol. The largest absolute Gasteiger partial charge is 0.356 e. The van der Waals surface area contributed by atoms with Crippen molar-refractivity contribution in [3.05, 3.63) is 0 Å². The molecule has 0 radical (unpaired) electrons. The van der Waals surface area contributed by atoms with Crippen LogP contribution in [-0.2, 0) is 24.0 Å². The smallest absolute Gasteiger partial charge is 0.246 e. The van der Waals surface area contributed by atoms with Crippen molar-refractivity contribution in [3.8, 4) is 0 Å². The second kappa shape index (κ2) is 24.0. The number of hydrogen-bond donors (Lipinski definition) is 6. The molecule has 232 valence electrons. The van der Waals surface area contributed by atoms with Gasteiger partial charge < -0.3 is 16.0 Å². The van der Waals surface area contributed by atoms with E-state index in [1.165, 1.54) is 6.92 Å². The Morgan fingerprint density at radius 1 is 0.525 bits per heavy atom. The summed E-state index contributed by atoms with van der Waals surface area (Å²) >= 11 is 0. The number of carbonyl (C=O) groups is 5. The molecule has 0 saturated heterocycles. The van der Waals surface area contributed by atoms with Crippen LogP contribution in [0.1, 0.15) is 90.4 Å². The summed E-state index contributed by atoms with van der Waals surface area (Å²) in [6, 6.07) is 0. The van der Waals surface area contributed by atoms with E-state index in [4.69, 9.17) is 0 Å². The Labute approximate surface area is 237 Å². The zero-order chi connectivity index (χ0) is 30.2. The average Bonchev–Trinajstić information content (AvgIpc) is 2.93. The summed E-state index contributed by atoms with van der Waals surface area (Å²) in [6.45, 7) is 3.58. The van der Waals surface area contributed by atoms with E-state index in [0.29, 0.717) is 66.8 Å². The molecule has 6 N–H and O–H groups in total. The lowest BCUT2D eigenvalue weighted by Gasteiger charge is -2.15. The molecule has 0 aromatic rings. The van der Waals surface area contributed by atoms with Gasteiger partial charge in [0.25, 0.3) is 0 Å². The highest BCUT2D eigenvalue weighted by Gasteiger charge is 2.14. The molecular formula is C26H50N6O8. The predicted octanol–water partition coefficient (Wildman–Crippen LogP) is 1.18. The molecule has 0 aliphatic carbocycles. The van der Waals surface area contributed by atoms with Gasteiger partial charge in [0, 0.05) is 65.3 Å². The van der Waals surface area contributed by atoms with Crippen molar-refractivity contribution in [2.24, 2.45) is 0 Å². The normalized spacial score (nSPS) is 10.6. The molecule has 0 aliphatic rings. The molecule has 14 heteroatoms. The van der Waals surface area contributed by atoms with Gasteiger partial charge in [-0.25, -0.2) is 15.2 Å². The topological polar surface area (TPSA) is 192 Å². The zero-order valence-electron chi connectivity index (χ0n) is 24.2. The third-order valence-electron chi connectivity index (χ3n) is 6.11. The fourth-order valence-electron chi connectivity index (χ4n) is 3.61. The molecule has 5 amide bonds. The number of hydroxylamine groups is 6. The van der Waals surface area contributed by atoms with Gasteiger partial charge in [0.05, 0.1) is 0 Å². The summed E-state index contributed by atoms with van der Waals surface area (Å²) in [5.74, 6) is -2.02. The van der Waals surface area contributed by atoms with E-state index in [-0.39, 0.29) is 57.1 Å². The quantitative estimate of drug-likeness (QED) is 0.0558. The molecule has 0 bridgehead atoms. The van der Waals surface area contributed by atoms with E-state index in [1.807, 2.05) is 7.05 Å². The van der Waals surface area contributed by atoms with Crippen LogP contribution in [0.5, 0.6) is 0 Å². The van der Waals surface area contributed by atoms with Crippen LogP contribution in [0.15, 0.2) is 0 Å². The van der Waals surface area contributed by atoms with E-state index in [0.717, 1.165) is 25.8 Å². The first-order chi connectivity index (χ1) is 19.1. The maximum absolute atomic E-state index is 12.0. The van der Waals surface area contributed by atoms with Gasteiger partial charge in [-0.2, -0.15) is 0 Å². The zero-order valence-corrected chi connectivity index (χ0v) is 24.2. The lowest BCUT2D eigenvalue weighted by atomic mass is 10.2. The Kier molecular flexibility index (Phi) is 22.3. The van der Waals surface area contributed by atoms with Gasteiger partial charge in [-0.15, -0.1) is 0 Å². The van der Waals surface area contributed by atoms with Crippen LogP contribution >= 0.6 is 0 Å². The number of unbranched alkanes of at least 4 members (excludes halogenated alkanes) is 6. The summed E-state index contributed by atoms with van der Waals surface area (Å²) in [4.78, 5) is 58.5. The minimum atomic E-state index is -0.545. The third kappa shape index (κ3) is 21.1. The van der Waals surface area contributed by atoms with E-state index in [9.17, 15) is 39.6 Å². The molecular weight excluding hydrogens is 524 g/mol. The minimum absolute atomic E-state index is 0.00821. The molecule has 0 fully saturated rings. The maximum Gasteiger partial charge on any atom is 0.246 e. The van der Waals surface area contributed by atoms with Gasteiger partial charge >= 0.3 is 0 Å². The van der Waals surface area contributed by atoms with E-state index < -0.39 is 17.7 Å². The molecule has 0 unspecified atom stereocenters. The lowest BCUT2D eigenvalue weighted by Crippen LogP contribution is -2.31. The van der Waals surface area contributed by atoms with Gasteiger partial charge in [-0.3, -0.25) is 39.6 Å². The molecule has 0 aromatic heterocycles. The Morgan fingerprint density at radius 2 is 0.900 bits per heavy atom. The number of nitrogens with one attached hydrogen (secondary N) is 3. The van der Waals surface area contributed by atoms with Gasteiger partial charge in [0.15, 0.2) is 0 Å². The number of carbonyl (C=O) groups excluding carboxylic acids is 5. The molecule has 0 heterocycles. The number of rotatable bonds is 24. The minimum Gasteiger partial charge on any atom is -0.356 e. The van der Waals surface area contributed by atoms with Crippen molar-refractivity contribution >= 4 is 29.5 Å². The molecule has 40 heavy (non-hydrogen) atoms. The van der Waals surface area contributed by atoms with Gasteiger partial charge in [-0.1, -0.05) is 6.42 Å². The van der Waals surface area contributed by atoms with Crippen LogP contribution in [0.2, 0.25) is 0 Å². The Hall–Kier alpha value is -2.81. The molecule has 0 aromatic carbocycles. The molecule has 0 aliphatic heterocycles. The second-order valence-corrected chi connectivity index (χ2v) is 9.66. The average molecular weight is 575 g/mol.